The van der Waals surface area contributed by atoms with Crippen LogP contribution >= 0.6 is 11.3 Å². The lowest BCUT2D eigenvalue weighted by atomic mass is 9.83. The van der Waals surface area contributed by atoms with Crippen LogP contribution in [0.5, 0.6) is 0 Å². The van der Waals surface area contributed by atoms with Gasteiger partial charge < -0.3 is 20.9 Å². The van der Waals surface area contributed by atoms with Gasteiger partial charge in [-0.05, 0) is 56.1 Å². The minimum Gasteiger partial charge on any atom is -0.352 e. The molecule has 2 unspecified atom stereocenters. The Kier molecular flexibility index (Phi) is 11.8. The van der Waals surface area contributed by atoms with Crippen molar-refractivity contribution in [3.05, 3.63) is 51.5 Å². The number of aryl methyl sites for hydroxylation is 2. The van der Waals surface area contributed by atoms with Crippen molar-refractivity contribution in [3.63, 3.8) is 0 Å². The molecule has 3 fully saturated rings. The SMILES string of the molecule is CCc1ccc(CNC(=O)C2CN(C(=O)[C@@H](CC3CCCCC3)NC3CCCCC3)CCC2NC(=O)c2ncc(C)s2)cc1. The second-order valence-electron chi connectivity index (χ2n) is 13.2. The van der Waals surface area contributed by atoms with Crippen LogP contribution in [0.15, 0.2) is 30.5 Å². The predicted octanol–water partition coefficient (Wildman–Crippen LogP) is 5.54. The number of piperidine rings is 1. The first-order valence-corrected chi connectivity index (χ1v) is 17.8. The molecule has 3 atom stereocenters. The van der Waals surface area contributed by atoms with Crippen molar-refractivity contribution in [2.45, 2.75) is 122 Å². The number of amides is 3. The van der Waals surface area contributed by atoms with Crippen LogP contribution in [0.4, 0.5) is 0 Å². The molecule has 2 heterocycles. The van der Waals surface area contributed by atoms with Crippen LogP contribution in [0.1, 0.15) is 110 Å². The summed E-state index contributed by atoms with van der Waals surface area (Å²) in [5.41, 5.74) is 2.29. The summed E-state index contributed by atoms with van der Waals surface area (Å²) in [5.74, 6) is -0.237. The van der Waals surface area contributed by atoms with Gasteiger partial charge >= 0.3 is 0 Å². The third-order valence-electron chi connectivity index (χ3n) is 9.93. The summed E-state index contributed by atoms with van der Waals surface area (Å²) < 4.78 is 0. The summed E-state index contributed by atoms with van der Waals surface area (Å²) in [5, 5.41) is 10.4. The maximum absolute atomic E-state index is 14.2. The molecule has 1 saturated heterocycles. The van der Waals surface area contributed by atoms with Crippen LogP contribution in [0.3, 0.4) is 0 Å². The summed E-state index contributed by atoms with van der Waals surface area (Å²) in [7, 11) is 0. The fourth-order valence-electron chi connectivity index (χ4n) is 7.26. The van der Waals surface area contributed by atoms with E-state index in [1.165, 1.54) is 68.3 Å². The summed E-state index contributed by atoms with van der Waals surface area (Å²) in [4.78, 5) is 48.2. The van der Waals surface area contributed by atoms with Crippen LogP contribution in [-0.2, 0) is 22.6 Å². The minimum absolute atomic E-state index is 0.120. The Bertz CT molecular complexity index is 1220. The molecule has 2 saturated carbocycles. The largest absolute Gasteiger partial charge is 0.352 e. The lowest BCUT2D eigenvalue weighted by molar-refractivity contribution is -0.139. The van der Waals surface area contributed by atoms with Crippen molar-refractivity contribution in [1.29, 1.82) is 0 Å². The number of hydrogen-bond donors (Lipinski definition) is 3. The van der Waals surface area contributed by atoms with E-state index >= 15 is 0 Å². The Hall–Kier alpha value is -2.78. The Balaban J connectivity index is 1.29. The van der Waals surface area contributed by atoms with Gasteiger partial charge in [0.05, 0.1) is 12.0 Å². The van der Waals surface area contributed by atoms with Crippen molar-refractivity contribution in [1.82, 2.24) is 25.8 Å². The molecule has 0 radical (unpaired) electrons. The van der Waals surface area contributed by atoms with E-state index in [9.17, 15) is 14.4 Å². The van der Waals surface area contributed by atoms with E-state index in [1.807, 2.05) is 24.0 Å². The topological polar surface area (TPSA) is 103 Å². The van der Waals surface area contributed by atoms with Gasteiger partial charge in [-0.25, -0.2) is 4.98 Å². The fraction of sp³-hybridized carbons (Fsp3) is 0.657. The Morgan fingerprint density at radius 2 is 1.64 bits per heavy atom. The van der Waals surface area contributed by atoms with E-state index in [2.05, 4.69) is 40.0 Å². The molecule has 1 aromatic heterocycles. The molecule has 44 heavy (non-hydrogen) atoms. The highest BCUT2D eigenvalue weighted by atomic mass is 32.1. The van der Waals surface area contributed by atoms with Crippen molar-refractivity contribution < 1.29 is 14.4 Å². The van der Waals surface area contributed by atoms with E-state index in [1.54, 1.807) is 6.20 Å². The first-order chi connectivity index (χ1) is 21.4. The number of hydrogen-bond acceptors (Lipinski definition) is 6. The standard InChI is InChI=1S/C35H51N5O3S/c1-3-25-14-16-27(17-15-25)22-36-32(41)29-23-40(19-18-30(29)39-33(42)34-37-21-24(2)44-34)35(43)31(20-26-10-6-4-7-11-26)38-28-12-8-5-9-13-28/h14-17,21,26,28-31,38H,3-13,18-20,22-23H2,1-2H3,(H,36,41)(H,39,42)/t29?,30?,31-/m1/s1. The average Bonchev–Trinajstić information content (AvgIpc) is 3.50. The van der Waals surface area contributed by atoms with Crippen molar-refractivity contribution in [3.8, 4) is 0 Å². The van der Waals surface area contributed by atoms with E-state index in [0.29, 0.717) is 43.0 Å². The molecular weight excluding hydrogens is 570 g/mol. The second-order valence-corrected chi connectivity index (χ2v) is 14.5. The molecule has 5 rings (SSSR count). The molecule has 0 bridgehead atoms. The zero-order chi connectivity index (χ0) is 30.9. The number of thiazole rings is 1. The lowest BCUT2D eigenvalue weighted by Crippen LogP contribution is -2.60. The van der Waals surface area contributed by atoms with Crippen LogP contribution in [0.2, 0.25) is 0 Å². The zero-order valence-corrected chi connectivity index (χ0v) is 27.4. The van der Waals surface area contributed by atoms with Gasteiger partial charge in [-0.3, -0.25) is 14.4 Å². The molecule has 1 aromatic carbocycles. The summed E-state index contributed by atoms with van der Waals surface area (Å²) >= 11 is 1.35. The summed E-state index contributed by atoms with van der Waals surface area (Å²) in [6.07, 6.45) is 16.2. The molecule has 8 nitrogen and oxygen atoms in total. The number of carbonyl (C=O) groups is 3. The van der Waals surface area contributed by atoms with Crippen LogP contribution in [-0.4, -0.2) is 58.8 Å². The number of carbonyl (C=O) groups excluding carboxylic acids is 3. The van der Waals surface area contributed by atoms with E-state index in [-0.39, 0.29) is 29.8 Å². The van der Waals surface area contributed by atoms with Gasteiger partial charge in [-0.2, -0.15) is 0 Å². The Labute approximate surface area is 267 Å². The van der Waals surface area contributed by atoms with Crippen molar-refractivity contribution >= 4 is 29.1 Å². The summed E-state index contributed by atoms with van der Waals surface area (Å²) in [6, 6.07) is 8.07. The molecule has 3 aliphatic rings. The highest BCUT2D eigenvalue weighted by molar-refractivity contribution is 7.13. The first kappa shape index (κ1) is 32.6. The van der Waals surface area contributed by atoms with Gasteiger partial charge in [0.15, 0.2) is 5.01 Å². The molecule has 2 aliphatic carbocycles. The number of nitrogens with one attached hydrogen (secondary N) is 3. The van der Waals surface area contributed by atoms with E-state index in [4.69, 9.17) is 0 Å². The minimum atomic E-state index is -0.544. The van der Waals surface area contributed by atoms with Gasteiger partial charge in [-0.15, -0.1) is 11.3 Å². The number of rotatable bonds is 11. The van der Waals surface area contributed by atoms with E-state index in [0.717, 1.165) is 36.1 Å². The molecule has 3 N–H and O–H groups in total. The molecule has 240 valence electrons. The maximum atomic E-state index is 14.2. The lowest BCUT2D eigenvalue weighted by Gasteiger charge is -2.40. The molecule has 9 heteroatoms. The molecule has 1 aliphatic heterocycles. The third-order valence-corrected chi connectivity index (χ3v) is 10.8. The number of benzene rings is 1. The van der Waals surface area contributed by atoms with Crippen molar-refractivity contribution in [2.24, 2.45) is 11.8 Å². The highest BCUT2D eigenvalue weighted by Crippen LogP contribution is 2.30. The maximum Gasteiger partial charge on any atom is 0.280 e. The Morgan fingerprint density at radius 1 is 0.955 bits per heavy atom. The fourth-order valence-corrected chi connectivity index (χ4v) is 7.93. The van der Waals surface area contributed by atoms with Crippen LogP contribution in [0, 0.1) is 18.8 Å². The second kappa shape index (κ2) is 16.0. The predicted molar refractivity (Wildman–Crippen MR) is 175 cm³/mol. The normalized spacial score (nSPS) is 22.4. The van der Waals surface area contributed by atoms with Gasteiger partial charge in [-0.1, -0.05) is 82.6 Å². The molecule has 3 amide bonds. The van der Waals surface area contributed by atoms with Gasteiger partial charge in [0.2, 0.25) is 11.8 Å². The number of nitrogens with zero attached hydrogens (tertiary/aromatic N) is 2. The molecule has 0 spiro atoms. The molecule has 2 aromatic rings. The van der Waals surface area contributed by atoms with Gasteiger partial charge in [0.1, 0.15) is 0 Å². The first-order valence-electron chi connectivity index (χ1n) is 17.0. The van der Waals surface area contributed by atoms with E-state index < -0.39 is 5.92 Å². The Morgan fingerprint density at radius 3 is 2.30 bits per heavy atom. The summed E-state index contributed by atoms with van der Waals surface area (Å²) in [6.45, 7) is 5.28. The molecular formula is C35H51N5O3S. The monoisotopic (exact) mass is 621 g/mol. The quantitative estimate of drug-likeness (QED) is 0.306. The zero-order valence-electron chi connectivity index (χ0n) is 26.6. The average molecular weight is 622 g/mol. The van der Waals surface area contributed by atoms with Crippen LogP contribution < -0.4 is 16.0 Å². The number of likely N-dealkylation sites (tertiary alicyclic amines) is 1. The number of aromatic nitrogens is 1. The van der Waals surface area contributed by atoms with Gasteiger partial charge in [0.25, 0.3) is 5.91 Å². The smallest absolute Gasteiger partial charge is 0.280 e. The van der Waals surface area contributed by atoms with Crippen molar-refractivity contribution in [2.75, 3.05) is 13.1 Å². The van der Waals surface area contributed by atoms with Crippen LogP contribution in [0.25, 0.3) is 0 Å². The van der Waals surface area contributed by atoms with Gasteiger partial charge in [0, 0.05) is 42.8 Å². The third kappa shape index (κ3) is 8.90. The highest BCUT2D eigenvalue weighted by Gasteiger charge is 2.39.